The maximum atomic E-state index is 12.5. The summed E-state index contributed by atoms with van der Waals surface area (Å²) in [6, 6.07) is 6.22. The van der Waals surface area contributed by atoms with Crippen LogP contribution in [0.4, 0.5) is 5.69 Å². The van der Waals surface area contributed by atoms with E-state index in [0.717, 1.165) is 0 Å². The first-order chi connectivity index (χ1) is 13.9. The highest BCUT2D eigenvalue weighted by atomic mass is 16.5. The average Bonchev–Trinajstić information content (AvgIpc) is 3.19. The first-order valence-corrected chi connectivity index (χ1v) is 8.74. The van der Waals surface area contributed by atoms with Gasteiger partial charge in [0.1, 0.15) is 6.33 Å². The smallest absolute Gasteiger partial charge is 0.342 e. The second-order valence-corrected chi connectivity index (χ2v) is 6.38. The lowest BCUT2D eigenvalue weighted by atomic mass is 10.1. The number of nitrogens with zero attached hydrogens (tertiary/aromatic N) is 4. The van der Waals surface area contributed by atoms with Crippen molar-refractivity contribution < 1.29 is 23.9 Å². The first-order valence-electron chi connectivity index (χ1n) is 8.74. The minimum atomic E-state index is -0.697. The van der Waals surface area contributed by atoms with Crippen LogP contribution in [-0.2, 0) is 14.3 Å². The summed E-state index contributed by atoms with van der Waals surface area (Å²) >= 11 is 0. The van der Waals surface area contributed by atoms with Crippen LogP contribution in [0.5, 0.6) is 0 Å². The number of carbonyl (C=O) groups is 3. The van der Waals surface area contributed by atoms with Crippen molar-refractivity contribution in [2.75, 3.05) is 19.0 Å². The Balaban J connectivity index is 1.68. The van der Waals surface area contributed by atoms with Crippen molar-refractivity contribution in [3.8, 4) is 0 Å². The topological polar surface area (TPSA) is 125 Å². The summed E-state index contributed by atoms with van der Waals surface area (Å²) in [5.41, 5.74) is 1.46. The van der Waals surface area contributed by atoms with Gasteiger partial charge in [0.25, 0.3) is 11.7 Å². The molecule has 0 radical (unpaired) electrons. The number of nitrogens with one attached hydrogen (secondary N) is 1. The number of benzene rings is 1. The third kappa shape index (κ3) is 4.37. The number of amides is 1. The van der Waals surface area contributed by atoms with Crippen LogP contribution >= 0.6 is 0 Å². The number of ether oxygens (including phenoxy) is 2. The number of aromatic nitrogens is 4. The summed E-state index contributed by atoms with van der Waals surface area (Å²) in [7, 11) is 1.27. The van der Waals surface area contributed by atoms with Gasteiger partial charge in [-0.2, -0.15) is 10.1 Å². The van der Waals surface area contributed by atoms with Gasteiger partial charge in [0.2, 0.25) is 0 Å². The Bertz CT molecular complexity index is 1080. The van der Waals surface area contributed by atoms with Gasteiger partial charge >= 0.3 is 11.9 Å². The molecule has 29 heavy (non-hydrogen) atoms. The zero-order valence-electron chi connectivity index (χ0n) is 16.1. The fourth-order valence-corrected chi connectivity index (χ4v) is 2.76. The molecule has 1 aromatic carbocycles. The van der Waals surface area contributed by atoms with Gasteiger partial charge < -0.3 is 14.8 Å². The number of hydrogen-bond donors (Lipinski definition) is 1. The molecule has 0 spiro atoms. The first kappa shape index (κ1) is 19.9. The minimum absolute atomic E-state index is 0.0559. The molecule has 0 bridgehead atoms. The van der Waals surface area contributed by atoms with Crippen molar-refractivity contribution in [3.63, 3.8) is 0 Å². The Labute approximate surface area is 165 Å². The van der Waals surface area contributed by atoms with E-state index in [2.05, 4.69) is 25.1 Å². The summed E-state index contributed by atoms with van der Waals surface area (Å²) in [4.78, 5) is 44.3. The Morgan fingerprint density at radius 3 is 2.69 bits per heavy atom. The van der Waals surface area contributed by atoms with Crippen molar-refractivity contribution in [2.45, 2.75) is 19.8 Å². The van der Waals surface area contributed by atoms with E-state index < -0.39 is 24.5 Å². The van der Waals surface area contributed by atoms with Crippen LogP contribution in [0.25, 0.3) is 5.78 Å². The van der Waals surface area contributed by atoms with Gasteiger partial charge in [-0.05, 0) is 24.1 Å². The van der Waals surface area contributed by atoms with E-state index in [-0.39, 0.29) is 17.0 Å². The van der Waals surface area contributed by atoms with E-state index in [1.54, 1.807) is 18.2 Å². The summed E-state index contributed by atoms with van der Waals surface area (Å²) in [5, 5.41) is 6.65. The van der Waals surface area contributed by atoms with Gasteiger partial charge in [0.15, 0.2) is 6.61 Å². The molecule has 0 saturated carbocycles. The van der Waals surface area contributed by atoms with Gasteiger partial charge in [-0.3, -0.25) is 4.79 Å². The average molecular weight is 397 g/mol. The van der Waals surface area contributed by atoms with Gasteiger partial charge in [-0.1, -0.05) is 19.9 Å². The van der Waals surface area contributed by atoms with Gasteiger partial charge in [0.05, 0.1) is 23.9 Å². The Hall–Kier alpha value is -3.82. The lowest BCUT2D eigenvalue weighted by Crippen LogP contribution is -2.22. The van der Waals surface area contributed by atoms with Gasteiger partial charge in [-0.25, -0.2) is 19.1 Å². The van der Waals surface area contributed by atoms with Gasteiger partial charge in [-0.15, -0.1) is 0 Å². The van der Waals surface area contributed by atoms with E-state index in [1.165, 1.54) is 30.2 Å². The van der Waals surface area contributed by atoms with Crippen molar-refractivity contribution >= 4 is 29.3 Å². The number of fused-ring (bicyclic) bond motifs is 1. The quantitative estimate of drug-likeness (QED) is 0.625. The molecule has 3 rings (SSSR count). The van der Waals surface area contributed by atoms with Crippen molar-refractivity contribution in [1.29, 1.82) is 0 Å². The van der Waals surface area contributed by atoms with Crippen molar-refractivity contribution in [2.24, 2.45) is 0 Å². The number of hydrogen-bond acceptors (Lipinski definition) is 8. The van der Waals surface area contributed by atoms with Crippen LogP contribution < -0.4 is 5.32 Å². The lowest BCUT2D eigenvalue weighted by molar-refractivity contribution is -0.119. The lowest BCUT2D eigenvalue weighted by Gasteiger charge is -2.13. The Kier molecular flexibility index (Phi) is 5.82. The summed E-state index contributed by atoms with van der Waals surface area (Å²) in [5.74, 6) is -1.46. The fourth-order valence-electron chi connectivity index (χ4n) is 2.76. The molecular formula is C19H19N5O5. The number of rotatable bonds is 6. The van der Waals surface area contributed by atoms with Crippen LogP contribution in [0.2, 0.25) is 0 Å². The van der Waals surface area contributed by atoms with E-state index in [0.29, 0.717) is 17.2 Å². The number of carbonyl (C=O) groups excluding carboxylic acids is 3. The predicted octanol–water partition coefficient (Wildman–Crippen LogP) is 1.83. The van der Waals surface area contributed by atoms with Crippen molar-refractivity contribution in [1.82, 2.24) is 19.6 Å². The fraction of sp³-hybridized carbons (Fsp3) is 0.263. The zero-order valence-corrected chi connectivity index (χ0v) is 16.1. The largest absolute Gasteiger partial charge is 0.465 e. The van der Waals surface area contributed by atoms with Crippen LogP contribution in [0, 0.1) is 0 Å². The number of anilines is 1. The molecule has 2 aromatic heterocycles. The molecule has 0 unspecified atom stereocenters. The number of methoxy groups -OCH3 is 1. The molecular weight excluding hydrogens is 378 g/mol. The zero-order chi connectivity index (χ0) is 21.0. The van der Waals surface area contributed by atoms with E-state index >= 15 is 0 Å². The molecule has 2 heterocycles. The van der Waals surface area contributed by atoms with Crippen molar-refractivity contribution in [3.05, 3.63) is 53.6 Å². The molecule has 0 aliphatic carbocycles. The monoisotopic (exact) mass is 397 g/mol. The second kappa shape index (κ2) is 8.46. The van der Waals surface area contributed by atoms with E-state index in [4.69, 9.17) is 4.74 Å². The molecule has 10 nitrogen and oxygen atoms in total. The highest BCUT2D eigenvalue weighted by Crippen LogP contribution is 2.20. The molecule has 0 aliphatic heterocycles. The van der Waals surface area contributed by atoms with E-state index in [1.807, 2.05) is 13.8 Å². The SMILES string of the molecule is COC(=O)c1cccc(NC(=O)COC(=O)c2cnc3ncnn3c2C(C)C)c1. The second-order valence-electron chi connectivity index (χ2n) is 6.38. The van der Waals surface area contributed by atoms with Crippen LogP contribution in [0.15, 0.2) is 36.8 Å². The number of esters is 2. The molecule has 1 N–H and O–H groups in total. The highest BCUT2D eigenvalue weighted by molar-refractivity contribution is 5.97. The van der Waals surface area contributed by atoms with Gasteiger partial charge in [0, 0.05) is 11.9 Å². The Morgan fingerprint density at radius 1 is 1.17 bits per heavy atom. The molecule has 0 atom stereocenters. The van der Waals surface area contributed by atoms with Crippen LogP contribution in [0.1, 0.15) is 46.2 Å². The molecule has 1 amide bonds. The molecule has 10 heteroatoms. The predicted molar refractivity (Wildman–Crippen MR) is 102 cm³/mol. The maximum absolute atomic E-state index is 12.5. The molecule has 0 aliphatic rings. The molecule has 150 valence electrons. The summed E-state index contributed by atoms with van der Waals surface area (Å²) in [6.07, 6.45) is 2.71. The van der Waals surface area contributed by atoms with E-state index in [9.17, 15) is 14.4 Å². The summed E-state index contributed by atoms with van der Waals surface area (Å²) < 4.78 is 11.2. The van der Waals surface area contributed by atoms with Crippen LogP contribution in [-0.4, -0.2) is 51.1 Å². The highest BCUT2D eigenvalue weighted by Gasteiger charge is 2.21. The third-order valence-electron chi connectivity index (χ3n) is 4.01. The molecule has 0 fully saturated rings. The molecule has 3 aromatic rings. The normalized spacial score (nSPS) is 10.8. The minimum Gasteiger partial charge on any atom is -0.465 e. The molecule has 0 saturated heterocycles. The standard InChI is InChI=1S/C19H19N5O5/c1-11(2)16-14(8-20-19-21-10-22-24(16)19)18(27)29-9-15(25)23-13-6-4-5-12(7-13)17(26)28-3/h4-8,10-11H,9H2,1-3H3,(H,23,25). The summed E-state index contributed by atoms with van der Waals surface area (Å²) in [6.45, 7) is 3.29. The third-order valence-corrected chi connectivity index (χ3v) is 4.01. The Morgan fingerprint density at radius 2 is 1.97 bits per heavy atom. The maximum Gasteiger partial charge on any atom is 0.342 e. The van der Waals surface area contributed by atoms with Crippen LogP contribution in [0.3, 0.4) is 0 Å².